The zero-order chi connectivity index (χ0) is 4.50. The third kappa shape index (κ3) is 51.4. The molecule has 0 spiro atoms. The molecule has 0 N–H and O–H groups in total. The molecule has 7 heavy (non-hydrogen) atoms. The maximum absolute atomic E-state index is 8.52. The Balaban J connectivity index is -0.0000000800. The molecule has 0 aliphatic rings. The first kappa shape index (κ1) is 16.4. The van der Waals surface area contributed by atoms with Gasteiger partial charge in [-0.1, -0.05) is 0 Å². The van der Waals surface area contributed by atoms with Gasteiger partial charge in [-0.25, -0.2) is 0 Å². The second-order valence-corrected chi connectivity index (χ2v) is 1.22. The molecule has 0 rings (SSSR count). The quantitative estimate of drug-likeness (QED) is 0.275. The molecule has 4 nitrogen and oxygen atoms in total. The molecule has 0 aliphatic heterocycles. The monoisotopic (exact) mass is 274 g/mol. The Bertz CT molecular complexity index is 92.9. The Morgan fingerprint density at radius 1 is 1.14 bits per heavy atom. The van der Waals surface area contributed by atoms with E-state index in [4.69, 9.17) is 17.5 Å². The molecule has 36 valence electrons. The molecule has 0 bridgehead atoms. The summed E-state index contributed by atoms with van der Waals surface area (Å²) >= 11 is 0. The second kappa shape index (κ2) is 6.94. The molecular formula is H2O4SSr2. The van der Waals surface area contributed by atoms with Crippen molar-refractivity contribution in [3.8, 4) is 0 Å². The summed E-state index contributed by atoms with van der Waals surface area (Å²) in [6.45, 7) is 0. The van der Waals surface area contributed by atoms with Crippen LogP contribution >= 0.6 is 0 Å². The van der Waals surface area contributed by atoms with Gasteiger partial charge in [0.1, 0.15) is 0 Å². The number of hydrogen-bond acceptors (Lipinski definition) is 4. The van der Waals surface area contributed by atoms with Crippen LogP contribution in [0.25, 0.3) is 0 Å². The molecule has 0 saturated heterocycles. The third-order valence-corrected chi connectivity index (χ3v) is 0. The molecule has 7 heteroatoms. The molecule has 0 aromatic heterocycles. The third-order valence-electron chi connectivity index (χ3n) is 0. The molecule has 0 aromatic carbocycles. The van der Waals surface area contributed by atoms with E-state index in [-0.39, 0.29) is 91.0 Å². The fourth-order valence-corrected chi connectivity index (χ4v) is 0. The first-order valence-electron chi connectivity index (χ1n) is 0.667. The van der Waals surface area contributed by atoms with Crippen molar-refractivity contribution < 1.29 is 17.5 Å². The van der Waals surface area contributed by atoms with Gasteiger partial charge in [0.2, 0.25) is 0 Å². The van der Waals surface area contributed by atoms with Crippen molar-refractivity contribution in [3.63, 3.8) is 0 Å². The molecule has 0 atom stereocenters. The Kier molecular flexibility index (Phi) is 16.3. The first-order valence-corrected chi connectivity index (χ1v) is 2.00. The Hall–Kier alpha value is 2.83. The Morgan fingerprint density at radius 2 is 1.14 bits per heavy atom. The van der Waals surface area contributed by atoms with E-state index in [2.05, 4.69) is 0 Å². The van der Waals surface area contributed by atoms with Gasteiger partial charge in [-0.15, -0.1) is 0 Å². The van der Waals surface area contributed by atoms with Crippen molar-refractivity contribution in [2.45, 2.75) is 0 Å². The van der Waals surface area contributed by atoms with Gasteiger partial charge in [0.25, 0.3) is 0 Å². The standard InChI is InChI=1S/H2O4S.2Sr.2H/c1-5(2,3)4;;;;/h(H2,1,2,3,4);;;;/q;;+2;;/p-2. The average Bonchev–Trinajstić information content (AvgIpc) is 0.722. The van der Waals surface area contributed by atoms with Gasteiger partial charge in [-0.2, -0.15) is 0 Å². The fourth-order valence-electron chi connectivity index (χ4n) is 0. The molecule has 0 aliphatic carbocycles. The van der Waals surface area contributed by atoms with Crippen molar-refractivity contribution in [1.29, 1.82) is 0 Å². The van der Waals surface area contributed by atoms with Crippen molar-refractivity contribution in [2.75, 3.05) is 0 Å². The molecule has 0 heterocycles. The predicted molar refractivity (Wildman–Crippen MR) is 24.8 cm³/mol. The molecule has 0 aromatic rings. The zero-order valence-electron chi connectivity index (χ0n) is 2.75. The van der Waals surface area contributed by atoms with Gasteiger partial charge in [0.15, 0.2) is 0 Å². The minimum atomic E-state index is -5.17. The predicted octanol–water partition coefficient (Wildman–Crippen LogP) is -2.63. The Labute approximate surface area is 116 Å². The maximum atomic E-state index is 8.52. The first-order chi connectivity index (χ1) is 2.00. The van der Waals surface area contributed by atoms with Gasteiger partial charge in [0, 0.05) is 10.4 Å². The molecule has 0 amide bonds. The van der Waals surface area contributed by atoms with E-state index in [0.717, 1.165) is 0 Å². The van der Waals surface area contributed by atoms with Crippen molar-refractivity contribution >= 4 is 101 Å². The summed E-state index contributed by atoms with van der Waals surface area (Å²) < 4.78 is 34.1. The van der Waals surface area contributed by atoms with Gasteiger partial charge in [-0.05, 0) is 0 Å². The van der Waals surface area contributed by atoms with Crippen LogP contribution in [0.3, 0.4) is 0 Å². The summed E-state index contributed by atoms with van der Waals surface area (Å²) in [4.78, 5) is 0. The van der Waals surface area contributed by atoms with Crippen molar-refractivity contribution in [3.05, 3.63) is 0 Å². The average molecular weight is 273 g/mol. The van der Waals surface area contributed by atoms with Crippen LogP contribution in [0.1, 0.15) is 0 Å². The van der Waals surface area contributed by atoms with E-state index >= 15 is 0 Å². The van der Waals surface area contributed by atoms with Crippen LogP contribution in [0.2, 0.25) is 0 Å². The molecule has 0 saturated carbocycles. The fraction of sp³-hybridized carbons (Fsp3) is 0. The minimum absolute atomic E-state index is 0. The van der Waals surface area contributed by atoms with E-state index in [1.54, 1.807) is 0 Å². The number of hydrogen-bond donors (Lipinski definition) is 0. The summed E-state index contributed by atoms with van der Waals surface area (Å²) in [6, 6.07) is 0. The Morgan fingerprint density at radius 3 is 1.14 bits per heavy atom. The summed E-state index contributed by atoms with van der Waals surface area (Å²) in [5, 5.41) is 0. The van der Waals surface area contributed by atoms with Gasteiger partial charge in [-0.3, -0.25) is 8.42 Å². The molecule has 0 unspecified atom stereocenters. The summed E-state index contributed by atoms with van der Waals surface area (Å²) in [5.74, 6) is 0. The van der Waals surface area contributed by atoms with E-state index in [1.165, 1.54) is 0 Å². The molecule has 0 fully saturated rings. The van der Waals surface area contributed by atoms with Gasteiger partial charge in [0.05, 0.1) is 0 Å². The zero-order valence-corrected chi connectivity index (χ0v) is 7.04. The van der Waals surface area contributed by atoms with Gasteiger partial charge < -0.3 is 9.11 Å². The van der Waals surface area contributed by atoms with E-state index < -0.39 is 10.4 Å². The van der Waals surface area contributed by atoms with Crippen LogP contribution in [0, 0.1) is 0 Å². The molecular weight excluding hydrogens is 271 g/mol. The van der Waals surface area contributed by atoms with Crippen LogP contribution in [-0.2, 0) is 10.4 Å². The summed E-state index contributed by atoms with van der Waals surface area (Å²) in [5.41, 5.74) is 0. The van der Waals surface area contributed by atoms with Crippen LogP contribution < -0.4 is 0 Å². The van der Waals surface area contributed by atoms with Crippen LogP contribution in [0.4, 0.5) is 0 Å². The SMILES string of the molecule is O=S(=O)([O-])[O-].[Sr+2].[SrH2]. The normalized spacial score (nSPS) is 8.29. The van der Waals surface area contributed by atoms with E-state index in [0.29, 0.717) is 0 Å². The van der Waals surface area contributed by atoms with Crippen LogP contribution in [0.15, 0.2) is 0 Å². The topological polar surface area (TPSA) is 80.3 Å². The summed E-state index contributed by atoms with van der Waals surface area (Å²) in [6.07, 6.45) is 0. The van der Waals surface area contributed by atoms with Crippen LogP contribution in [0.5, 0.6) is 0 Å². The summed E-state index contributed by atoms with van der Waals surface area (Å²) in [7, 11) is -5.17. The van der Waals surface area contributed by atoms with Crippen molar-refractivity contribution in [2.24, 2.45) is 0 Å². The van der Waals surface area contributed by atoms with Gasteiger partial charge >= 0.3 is 91.0 Å². The second-order valence-electron chi connectivity index (χ2n) is 0.408. The van der Waals surface area contributed by atoms with Crippen molar-refractivity contribution in [1.82, 2.24) is 0 Å². The van der Waals surface area contributed by atoms with Crippen LogP contribution in [-0.4, -0.2) is 108 Å². The van der Waals surface area contributed by atoms with E-state index in [9.17, 15) is 0 Å². The molecule has 0 radical (unpaired) electrons. The van der Waals surface area contributed by atoms with E-state index in [1.807, 2.05) is 0 Å². The number of rotatable bonds is 0.